The van der Waals surface area contributed by atoms with Crippen molar-refractivity contribution in [1.29, 1.82) is 0 Å². The molecule has 1 atom stereocenters. The molecule has 3 aromatic carbocycles. The summed E-state index contributed by atoms with van der Waals surface area (Å²) in [4.78, 5) is 23.3. The Morgan fingerprint density at radius 3 is 2.47 bits per heavy atom. The maximum Gasteiger partial charge on any atom is 0.270 e. The molecule has 4 aromatic rings. The van der Waals surface area contributed by atoms with Gasteiger partial charge >= 0.3 is 0 Å². The molecule has 0 saturated carbocycles. The number of hydrogen-bond acceptors (Lipinski definition) is 6. The molecule has 184 valence electrons. The number of aromatic nitrogens is 3. The lowest BCUT2D eigenvalue weighted by Gasteiger charge is -2.17. The molecule has 8 nitrogen and oxygen atoms in total. The van der Waals surface area contributed by atoms with Crippen molar-refractivity contribution >= 4 is 35.0 Å². The molecule has 0 aliphatic heterocycles. The zero-order chi connectivity index (χ0) is 25.8. The van der Waals surface area contributed by atoms with Crippen molar-refractivity contribution in [3.05, 3.63) is 110 Å². The van der Waals surface area contributed by atoms with Crippen molar-refractivity contribution in [1.82, 2.24) is 20.1 Å². The van der Waals surface area contributed by atoms with Gasteiger partial charge in [-0.2, -0.15) is 0 Å². The largest absolute Gasteiger partial charge is 0.342 e. The van der Waals surface area contributed by atoms with E-state index in [9.17, 15) is 19.3 Å². The van der Waals surface area contributed by atoms with Gasteiger partial charge in [-0.15, -0.1) is 10.2 Å². The smallest absolute Gasteiger partial charge is 0.270 e. The van der Waals surface area contributed by atoms with E-state index in [1.165, 1.54) is 36.0 Å². The number of non-ortho nitro benzene ring substituents is 1. The molecule has 1 amide bonds. The van der Waals surface area contributed by atoms with Crippen LogP contribution in [0.3, 0.4) is 0 Å². The average Bonchev–Trinajstić information content (AvgIpc) is 3.28. The Morgan fingerprint density at radius 2 is 1.83 bits per heavy atom. The van der Waals surface area contributed by atoms with Crippen LogP contribution in [0.5, 0.6) is 0 Å². The van der Waals surface area contributed by atoms with Crippen molar-refractivity contribution < 1.29 is 14.1 Å². The number of nitrogens with one attached hydrogen (secondary N) is 1. The lowest BCUT2D eigenvalue weighted by Crippen LogP contribution is -2.29. The van der Waals surface area contributed by atoms with E-state index in [0.717, 1.165) is 22.9 Å². The van der Waals surface area contributed by atoms with Crippen LogP contribution in [-0.2, 0) is 5.75 Å². The molecular formula is C25H21ClFN5O3S. The maximum atomic E-state index is 13.3. The Bertz CT molecular complexity index is 1410. The van der Waals surface area contributed by atoms with Crippen molar-refractivity contribution in [2.75, 3.05) is 0 Å². The molecule has 1 N–H and O–H groups in total. The van der Waals surface area contributed by atoms with E-state index < -0.39 is 16.9 Å². The van der Waals surface area contributed by atoms with E-state index in [-0.39, 0.29) is 22.1 Å². The van der Waals surface area contributed by atoms with Crippen LogP contribution < -0.4 is 5.32 Å². The molecule has 0 spiro atoms. The van der Waals surface area contributed by atoms with Crippen molar-refractivity contribution in [3.8, 4) is 5.69 Å². The summed E-state index contributed by atoms with van der Waals surface area (Å²) >= 11 is 7.56. The number of nitro groups is 1. The van der Waals surface area contributed by atoms with Gasteiger partial charge in [0.1, 0.15) is 5.82 Å². The summed E-state index contributed by atoms with van der Waals surface area (Å²) in [6.07, 6.45) is 0. The highest BCUT2D eigenvalue weighted by atomic mass is 35.5. The molecule has 0 radical (unpaired) electrons. The molecule has 1 unspecified atom stereocenters. The highest BCUT2D eigenvalue weighted by Gasteiger charge is 2.23. The van der Waals surface area contributed by atoms with Gasteiger partial charge in [-0.3, -0.25) is 19.5 Å². The monoisotopic (exact) mass is 525 g/mol. The molecule has 0 saturated heterocycles. The fraction of sp³-hybridized carbons (Fsp3) is 0.160. The molecule has 11 heteroatoms. The van der Waals surface area contributed by atoms with Gasteiger partial charge in [0.15, 0.2) is 11.0 Å². The number of hydrogen-bond donors (Lipinski definition) is 1. The number of amides is 1. The van der Waals surface area contributed by atoms with Gasteiger partial charge in [-0.05, 0) is 49.7 Å². The molecular weight excluding hydrogens is 505 g/mol. The van der Waals surface area contributed by atoms with Gasteiger partial charge in [0, 0.05) is 23.6 Å². The molecule has 0 aliphatic rings. The summed E-state index contributed by atoms with van der Waals surface area (Å²) < 4.78 is 15.1. The van der Waals surface area contributed by atoms with Gasteiger partial charge in [-0.25, -0.2) is 4.39 Å². The number of rotatable bonds is 8. The minimum atomic E-state index is -0.578. The molecule has 0 fully saturated rings. The van der Waals surface area contributed by atoms with Crippen LogP contribution >= 0.6 is 23.4 Å². The van der Waals surface area contributed by atoms with E-state index in [4.69, 9.17) is 11.6 Å². The summed E-state index contributed by atoms with van der Waals surface area (Å²) in [5.41, 5.74) is 2.74. The van der Waals surface area contributed by atoms with E-state index in [0.29, 0.717) is 16.7 Å². The van der Waals surface area contributed by atoms with Gasteiger partial charge in [-0.1, -0.05) is 53.2 Å². The van der Waals surface area contributed by atoms with E-state index in [2.05, 4.69) is 15.5 Å². The third-order valence-electron chi connectivity index (χ3n) is 5.37. The van der Waals surface area contributed by atoms with Crippen LogP contribution in [0.1, 0.15) is 40.3 Å². The lowest BCUT2D eigenvalue weighted by molar-refractivity contribution is -0.384. The molecule has 4 rings (SSSR count). The highest BCUT2D eigenvalue weighted by molar-refractivity contribution is 7.98. The lowest BCUT2D eigenvalue weighted by atomic mass is 10.1. The second-order valence-corrected chi connectivity index (χ2v) is 9.39. The van der Waals surface area contributed by atoms with Gasteiger partial charge in [0.25, 0.3) is 11.6 Å². The standard InChI is InChI=1S/C25H21ClFN5O3S/c1-15-3-9-19(10-4-15)31-23(29-30-25(31)36-14-17-5-7-18(27)8-6-17)16(2)28-24(33)21-12-11-20(32(34)35)13-22(21)26/h3-13,16H,14H2,1-2H3,(H,28,33). The predicted molar refractivity (Wildman–Crippen MR) is 136 cm³/mol. The number of benzene rings is 3. The molecule has 0 bridgehead atoms. The fourth-order valence-corrected chi connectivity index (χ4v) is 4.64. The molecule has 36 heavy (non-hydrogen) atoms. The van der Waals surface area contributed by atoms with E-state index >= 15 is 0 Å². The average molecular weight is 526 g/mol. The highest BCUT2D eigenvalue weighted by Crippen LogP contribution is 2.29. The third kappa shape index (κ3) is 5.72. The van der Waals surface area contributed by atoms with E-state index in [1.807, 2.05) is 35.8 Å². The Kier molecular flexibility index (Phi) is 7.66. The zero-order valence-electron chi connectivity index (χ0n) is 19.3. The molecule has 1 heterocycles. The predicted octanol–water partition coefficient (Wildman–Crippen LogP) is 6.06. The van der Waals surface area contributed by atoms with Crippen molar-refractivity contribution in [3.63, 3.8) is 0 Å². The number of aryl methyl sites for hydroxylation is 1. The second kappa shape index (κ2) is 10.9. The van der Waals surface area contributed by atoms with Crippen LogP contribution in [0.15, 0.2) is 71.9 Å². The first-order chi connectivity index (χ1) is 17.2. The van der Waals surface area contributed by atoms with Crippen LogP contribution in [0.25, 0.3) is 5.69 Å². The van der Waals surface area contributed by atoms with Gasteiger partial charge in [0.05, 0.1) is 21.6 Å². The third-order valence-corrected chi connectivity index (χ3v) is 6.69. The van der Waals surface area contributed by atoms with Crippen LogP contribution in [0.2, 0.25) is 5.02 Å². The summed E-state index contributed by atoms with van der Waals surface area (Å²) in [5.74, 6) is 0.239. The Hall–Kier alpha value is -3.76. The first-order valence-electron chi connectivity index (χ1n) is 10.9. The SMILES string of the molecule is Cc1ccc(-n2c(SCc3ccc(F)cc3)nnc2C(C)NC(=O)c2ccc([N+](=O)[O-])cc2Cl)cc1. The molecule has 0 aliphatic carbocycles. The summed E-state index contributed by atoms with van der Waals surface area (Å²) in [6, 6.07) is 17.2. The number of thioether (sulfide) groups is 1. The zero-order valence-corrected chi connectivity index (χ0v) is 20.9. The molecule has 1 aromatic heterocycles. The van der Waals surface area contributed by atoms with Crippen molar-refractivity contribution in [2.24, 2.45) is 0 Å². The topological polar surface area (TPSA) is 103 Å². The number of carbonyl (C=O) groups excluding carboxylic acids is 1. The second-order valence-electron chi connectivity index (χ2n) is 8.04. The van der Waals surface area contributed by atoms with E-state index in [1.54, 1.807) is 19.1 Å². The Morgan fingerprint density at radius 1 is 1.14 bits per heavy atom. The van der Waals surface area contributed by atoms with Crippen molar-refractivity contribution in [2.45, 2.75) is 30.8 Å². The number of halogens is 2. The Labute approximate surface area is 215 Å². The number of nitro benzene ring substituents is 1. The summed E-state index contributed by atoms with van der Waals surface area (Å²) in [5, 5.41) is 23.1. The normalized spacial score (nSPS) is 11.8. The van der Waals surface area contributed by atoms with Crippen LogP contribution in [0.4, 0.5) is 10.1 Å². The Balaban J connectivity index is 1.61. The van der Waals surface area contributed by atoms with Gasteiger partial charge < -0.3 is 5.32 Å². The summed E-state index contributed by atoms with van der Waals surface area (Å²) in [6.45, 7) is 3.75. The fourth-order valence-electron chi connectivity index (χ4n) is 3.46. The maximum absolute atomic E-state index is 13.3. The van der Waals surface area contributed by atoms with Crippen LogP contribution in [-0.4, -0.2) is 25.6 Å². The number of nitrogens with zero attached hydrogens (tertiary/aromatic N) is 4. The first-order valence-corrected chi connectivity index (χ1v) is 12.2. The quantitative estimate of drug-likeness (QED) is 0.170. The minimum absolute atomic E-state index is 0.0237. The summed E-state index contributed by atoms with van der Waals surface area (Å²) in [7, 11) is 0. The van der Waals surface area contributed by atoms with Gasteiger partial charge in [0.2, 0.25) is 0 Å². The first kappa shape index (κ1) is 25.3. The van der Waals surface area contributed by atoms with Crippen LogP contribution in [0, 0.1) is 22.9 Å². The number of carbonyl (C=O) groups is 1. The minimum Gasteiger partial charge on any atom is -0.342 e.